The van der Waals surface area contributed by atoms with E-state index >= 15 is 0 Å². The number of carboxylic acids is 1. The quantitative estimate of drug-likeness (QED) is 0.370. The van der Waals surface area contributed by atoms with Gasteiger partial charge in [0, 0.05) is 25.2 Å². The Labute approximate surface area is 207 Å². The second-order valence-corrected chi connectivity index (χ2v) is 10.8. The molecule has 2 amide bonds. The zero-order valence-electron chi connectivity index (χ0n) is 19.7. The first kappa shape index (κ1) is 26.8. The van der Waals surface area contributed by atoms with Gasteiger partial charge >= 0.3 is 12.0 Å². The minimum atomic E-state index is -2.39. The van der Waals surface area contributed by atoms with E-state index in [2.05, 4.69) is 17.2 Å². The Hall–Kier alpha value is -1.76. The van der Waals surface area contributed by atoms with Crippen molar-refractivity contribution >= 4 is 44.7 Å². The fraction of sp³-hybridized carbons (Fsp3) is 0.773. The number of aliphatic carboxylic acids is 1. The number of aromatic nitrogens is 1. The highest BCUT2D eigenvalue weighted by Gasteiger charge is 2.35. The van der Waals surface area contributed by atoms with Crippen molar-refractivity contribution < 1.29 is 28.2 Å². The molecule has 1 unspecified atom stereocenters. The van der Waals surface area contributed by atoms with E-state index in [9.17, 15) is 18.4 Å². The fourth-order valence-corrected chi connectivity index (χ4v) is 6.31. The first-order valence-electron chi connectivity index (χ1n) is 12.2. The molecule has 2 aliphatic rings. The van der Waals surface area contributed by atoms with E-state index < -0.39 is 17.2 Å². The Morgan fingerprint density at radius 3 is 2.47 bits per heavy atom. The third kappa shape index (κ3) is 7.62. The van der Waals surface area contributed by atoms with Crippen LogP contribution in [-0.4, -0.2) is 67.1 Å². The second-order valence-electron chi connectivity index (χ2n) is 8.91. The molecule has 192 valence electrons. The van der Waals surface area contributed by atoms with Gasteiger partial charge in [-0.1, -0.05) is 37.5 Å². The molecule has 1 atom stereocenters. The average Bonchev–Trinajstić information content (AvgIpc) is 3.27. The van der Waals surface area contributed by atoms with Crippen LogP contribution in [0.15, 0.2) is 6.20 Å². The number of hydrogen-bond donors (Lipinski definition) is 3. The summed E-state index contributed by atoms with van der Waals surface area (Å²) in [7, 11) is 0. The van der Waals surface area contributed by atoms with Gasteiger partial charge in [0.2, 0.25) is 0 Å². The minimum absolute atomic E-state index is 0.133. The molecule has 0 bridgehead atoms. The van der Waals surface area contributed by atoms with Crippen molar-refractivity contribution in [3.05, 3.63) is 6.20 Å². The molecule has 1 aromatic heterocycles. The second kappa shape index (κ2) is 13.4. The highest BCUT2D eigenvalue weighted by molar-refractivity contribution is 7.81. The normalized spacial score (nSPS) is 22.2. The van der Waals surface area contributed by atoms with Gasteiger partial charge in [-0.3, -0.25) is 19.0 Å². The molecule has 2 aliphatic carbocycles. The Balaban J connectivity index is 1.67. The van der Waals surface area contributed by atoms with Gasteiger partial charge in [0.25, 0.3) is 11.3 Å². The molecule has 34 heavy (non-hydrogen) atoms. The highest BCUT2D eigenvalue weighted by atomic mass is 32.2. The summed E-state index contributed by atoms with van der Waals surface area (Å²) >= 11 is -1.33. The van der Waals surface area contributed by atoms with Gasteiger partial charge in [-0.05, 0) is 44.9 Å². The third-order valence-corrected chi connectivity index (χ3v) is 8.28. The van der Waals surface area contributed by atoms with Crippen LogP contribution >= 0.6 is 11.3 Å². The summed E-state index contributed by atoms with van der Waals surface area (Å²) in [6, 6.07) is 0.164. The van der Waals surface area contributed by atoms with Crippen LogP contribution in [0, 0.1) is 0 Å². The van der Waals surface area contributed by atoms with Gasteiger partial charge in [-0.15, -0.1) is 0 Å². The molecule has 2 fully saturated rings. The van der Waals surface area contributed by atoms with Crippen molar-refractivity contribution in [3.8, 4) is 0 Å². The van der Waals surface area contributed by atoms with E-state index in [-0.39, 0.29) is 37.2 Å². The monoisotopic (exact) mass is 516 g/mol. The van der Waals surface area contributed by atoms with Gasteiger partial charge in [0.05, 0.1) is 18.7 Å². The summed E-state index contributed by atoms with van der Waals surface area (Å²) in [5.74, 6) is -1.06. The van der Waals surface area contributed by atoms with Gasteiger partial charge in [0.15, 0.2) is 5.13 Å². The van der Waals surface area contributed by atoms with Crippen LogP contribution < -0.4 is 9.62 Å². The summed E-state index contributed by atoms with van der Waals surface area (Å²) < 4.78 is 28.2. The number of rotatable bonds is 11. The summed E-state index contributed by atoms with van der Waals surface area (Å²) in [4.78, 5) is 30.5. The lowest BCUT2D eigenvalue weighted by atomic mass is 9.88. The standard InChI is InChI=1S/C22H36N4O6S2/c1-2-14-32-18-10-8-17(9-11-18)26(16-6-4-3-5-7-16)22(29)24-21-23-15-19(33-21)25(34(30)31)13-12-20(27)28/h15-18H,2-14H2,1H3,(H,27,28)(H,30,31)(H,23,24,29). The molecule has 12 heteroatoms. The van der Waals surface area contributed by atoms with Crippen molar-refractivity contribution in [2.45, 2.75) is 95.7 Å². The van der Waals surface area contributed by atoms with Gasteiger partial charge < -0.3 is 14.7 Å². The summed E-state index contributed by atoms with van der Waals surface area (Å²) in [6.07, 6.45) is 11.5. The van der Waals surface area contributed by atoms with Crippen LogP contribution in [0.25, 0.3) is 0 Å². The third-order valence-electron chi connectivity index (χ3n) is 6.47. The van der Waals surface area contributed by atoms with E-state index in [0.29, 0.717) is 10.1 Å². The number of urea groups is 1. The molecule has 0 aromatic carbocycles. The molecular formula is C22H36N4O6S2. The number of carbonyl (C=O) groups excluding carboxylic acids is 1. The number of carboxylic acid groups (broad SMARTS) is 1. The smallest absolute Gasteiger partial charge is 0.324 e. The van der Waals surface area contributed by atoms with Gasteiger partial charge in [-0.25, -0.2) is 14.0 Å². The Morgan fingerprint density at radius 2 is 1.85 bits per heavy atom. The number of nitrogens with zero attached hydrogens (tertiary/aromatic N) is 3. The lowest BCUT2D eigenvalue weighted by molar-refractivity contribution is -0.136. The van der Waals surface area contributed by atoms with Crippen LogP contribution in [0.5, 0.6) is 0 Å². The molecule has 0 radical (unpaired) electrons. The van der Waals surface area contributed by atoms with Crippen LogP contribution in [0.2, 0.25) is 0 Å². The number of nitrogens with one attached hydrogen (secondary N) is 1. The van der Waals surface area contributed by atoms with Crippen molar-refractivity contribution in [1.29, 1.82) is 0 Å². The average molecular weight is 517 g/mol. The maximum atomic E-state index is 13.4. The zero-order valence-corrected chi connectivity index (χ0v) is 21.3. The summed E-state index contributed by atoms with van der Waals surface area (Å²) in [6.45, 7) is 2.75. The number of carbonyl (C=O) groups is 2. The number of hydrogen-bond acceptors (Lipinski definition) is 6. The van der Waals surface area contributed by atoms with E-state index in [4.69, 9.17) is 9.84 Å². The first-order valence-corrected chi connectivity index (χ1v) is 14.0. The minimum Gasteiger partial charge on any atom is -0.481 e. The molecule has 3 rings (SSSR count). The predicted molar refractivity (Wildman–Crippen MR) is 133 cm³/mol. The number of amides is 2. The molecule has 0 saturated heterocycles. The Morgan fingerprint density at radius 1 is 1.18 bits per heavy atom. The topological polar surface area (TPSA) is 132 Å². The van der Waals surface area contributed by atoms with Crippen molar-refractivity contribution in [2.24, 2.45) is 0 Å². The Kier molecular flexibility index (Phi) is 10.5. The maximum Gasteiger partial charge on any atom is 0.324 e. The Bertz CT molecular complexity index is 824. The molecular weight excluding hydrogens is 480 g/mol. The van der Waals surface area contributed by atoms with Crippen molar-refractivity contribution in [3.63, 3.8) is 0 Å². The molecule has 1 aromatic rings. The van der Waals surface area contributed by atoms with Crippen LogP contribution in [-0.2, 0) is 20.8 Å². The fourth-order valence-electron chi connectivity index (χ4n) is 4.82. The van der Waals surface area contributed by atoms with E-state index in [0.717, 1.165) is 80.0 Å². The van der Waals surface area contributed by atoms with Gasteiger partial charge in [-0.2, -0.15) is 0 Å². The van der Waals surface area contributed by atoms with Gasteiger partial charge in [0.1, 0.15) is 5.00 Å². The first-order chi connectivity index (χ1) is 16.4. The maximum absolute atomic E-state index is 13.4. The molecule has 10 nitrogen and oxygen atoms in total. The molecule has 0 aliphatic heterocycles. The van der Waals surface area contributed by atoms with Crippen LogP contribution in [0.1, 0.15) is 77.6 Å². The molecule has 0 spiro atoms. The lowest BCUT2D eigenvalue weighted by Gasteiger charge is -2.42. The van der Waals surface area contributed by atoms with Crippen LogP contribution in [0.4, 0.5) is 14.9 Å². The molecule has 1 heterocycles. The molecule has 2 saturated carbocycles. The summed E-state index contributed by atoms with van der Waals surface area (Å²) in [5.41, 5.74) is 0. The van der Waals surface area contributed by atoms with Crippen LogP contribution in [0.3, 0.4) is 0 Å². The predicted octanol–water partition coefficient (Wildman–Crippen LogP) is 4.47. The zero-order chi connectivity index (χ0) is 24.5. The van der Waals surface area contributed by atoms with Crippen molar-refractivity contribution in [2.75, 3.05) is 22.8 Å². The highest BCUT2D eigenvalue weighted by Crippen LogP contribution is 2.33. The number of anilines is 2. The van der Waals surface area contributed by atoms with E-state index in [1.807, 2.05) is 4.90 Å². The van der Waals surface area contributed by atoms with Crippen molar-refractivity contribution in [1.82, 2.24) is 9.88 Å². The van der Waals surface area contributed by atoms with E-state index in [1.54, 1.807) is 0 Å². The molecule has 3 N–H and O–H groups in total. The lowest BCUT2D eigenvalue weighted by Crippen LogP contribution is -2.51. The van der Waals surface area contributed by atoms with E-state index in [1.165, 1.54) is 12.6 Å². The SMILES string of the molecule is CCCOC1CCC(N(C(=O)Nc2ncc(N(CCC(=O)O)S(=O)O)s2)C2CCCCC2)CC1. The number of thiazole rings is 1. The summed E-state index contributed by atoms with van der Waals surface area (Å²) in [5, 5.41) is 12.4. The largest absolute Gasteiger partial charge is 0.481 e. The number of ether oxygens (including phenoxy) is 1.